The predicted molar refractivity (Wildman–Crippen MR) is 76.2 cm³/mol. The van der Waals surface area contributed by atoms with Crippen LogP contribution < -0.4 is 4.90 Å². The highest BCUT2D eigenvalue weighted by Crippen LogP contribution is 2.18. The molecule has 1 aliphatic rings. The van der Waals surface area contributed by atoms with E-state index < -0.39 is 0 Å². The number of para-hydroxylation sites is 1. The van der Waals surface area contributed by atoms with Gasteiger partial charge in [0, 0.05) is 18.7 Å². The van der Waals surface area contributed by atoms with Crippen LogP contribution in [0.1, 0.15) is 5.56 Å². The van der Waals surface area contributed by atoms with Crippen molar-refractivity contribution in [3.63, 3.8) is 0 Å². The summed E-state index contributed by atoms with van der Waals surface area (Å²) in [5.41, 5.74) is 2.56. The Kier molecular flexibility index (Phi) is 3.09. The molecule has 90 valence electrons. The van der Waals surface area contributed by atoms with E-state index in [2.05, 4.69) is 64.5 Å². The quantitative estimate of drug-likeness (QED) is 0.799. The molecule has 18 heavy (non-hydrogen) atoms. The number of rotatable bonds is 3. The van der Waals surface area contributed by atoms with Crippen LogP contribution in [0.4, 0.5) is 5.69 Å². The van der Waals surface area contributed by atoms with Crippen molar-refractivity contribution in [2.45, 2.75) is 6.42 Å². The second kappa shape index (κ2) is 5.05. The normalized spacial score (nSPS) is 14.7. The number of benzene rings is 2. The third-order valence-corrected chi connectivity index (χ3v) is 3.20. The largest absolute Gasteiger partial charge is 0.328 e. The average molecular weight is 236 g/mol. The fourth-order valence-corrected chi connectivity index (χ4v) is 2.31. The summed E-state index contributed by atoms with van der Waals surface area (Å²) in [5, 5.41) is 0. The standard InChI is InChI=1S/C16H16N2/c1-3-7-14(8-4-1)13-16-17-11-12-18(16)15-9-5-2-6-10-15/h1-10H,11-13H2. The van der Waals surface area contributed by atoms with Crippen LogP contribution in [0, 0.1) is 0 Å². The Morgan fingerprint density at radius 2 is 1.56 bits per heavy atom. The molecule has 1 aliphatic heterocycles. The van der Waals surface area contributed by atoms with Crippen LogP contribution in [-0.4, -0.2) is 18.9 Å². The molecule has 0 atom stereocenters. The molecule has 3 rings (SSSR count). The van der Waals surface area contributed by atoms with Crippen molar-refractivity contribution in [3.8, 4) is 0 Å². The summed E-state index contributed by atoms with van der Waals surface area (Å²) in [4.78, 5) is 6.94. The molecule has 2 aromatic rings. The van der Waals surface area contributed by atoms with Crippen molar-refractivity contribution in [3.05, 3.63) is 66.2 Å². The first-order valence-corrected chi connectivity index (χ1v) is 6.33. The van der Waals surface area contributed by atoms with Crippen LogP contribution in [0.2, 0.25) is 0 Å². The van der Waals surface area contributed by atoms with E-state index in [0.717, 1.165) is 19.5 Å². The minimum absolute atomic E-state index is 0.900. The van der Waals surface area contributed by atoms with Gasteiger partial charge in [-0.25, -0.2) is 0 Å². The number of amidine groups is 1. The fraction of sp³-hybridized carbons (Fsp3) is 0.188. The maximum Gasteiger partial charge on any atom is 0.108 e. The summed E-state index contributed by atoms with van der Waals surface area (Å²) in [6.07, 6.45) is 0.912. The Hall–Kier alpha value is -2.09. The lowest BCUT2D eigenvalue weighted by molar-refractivity contribution is 1.02. The Labute approximate surface area is 108 Å². The molecule has 0 saturated carbocycles. The van der Waals surface area contributed by atoms with Gasteiger partial charge in [-0.15, -0.1) is 0 Å². The highest BCUT2D eigenvalue weighted by atomic mass is 15.2. The van der Waals surface area contributed by atoms with Crippen molar-refractivity contribution < 1.29 is 0 Å². The first kappa shape index (κ1) is 11.0. The molecule has 0 bridgehead atoms. The average Bonchev–Trinajstić information content (AvgIpc) is 2.89. The van der Waals surface area contributed by atoms with Crippen LogP contribution in [0.5, 0.6) is 0 Å². The van der Waals surface area contributed by atoms with Gasteiger partial charge >= 0.3 is 0 Å². The summed E-state index contributed by atoms with van der Waals surface area (Å²) < 4.78 is 0. The molecule has 0 amide bonds. The van der Waals surface area contributed by atoms with Crippen molar-refractivity contribution in [1.82, 2.24) is 0 Å². The van der Waals surface area contributed by atoms with Crippen LogP contribution in [0.15, 0.2) is 65.7 Å². The van der Waals surface area contributed by atoms with Gasteiger partial charge in [-0.1, -0.05) is 48.5 Å². The molecule has 2 heteroatoms. The predicted octanol–water partition coefficient (Wildman–Crippen LogP) is 3.15. The molecule has 0 N–H and O–H groups in total. The number of nitrogens with zero attached hydrogens (tertiary/aromatic N) is 2. The number of aliphatic imine (C=N–C) groups is 1. The molecular formula is C16H16N2. The first-order valence-electron chi connectivity index (χ1n) is 6.33. The number of hydrogen-bond donors (Lipinski definition) is 0. The number of anilines is 1. The second-order valence-electron chi connectivity index (χ2n) is 4.45. The molecule has 0 fully saturated rings. The van der Waals surface area contributed by atoms with Gasteiger partial charge < -0.3 is 4.90 Å². The van der Waals surface area contributed by atoms with Crippen molar-refractivity contribution in [2.75, 3.05) is 18.0 Å². The zero-order chi connectivity index (χ0) is 12.2. The van der Waals surface area contributed by atoms with Gasteiger partial charge in [0.15, 0.2) is 0 Å². The van der Waals surface area contributed by atoms with Gasteiger partial charge in [0.25, 0.3) is 0 Å². The molecule has 0 aliphatic carbocycles. The van der Waals surface area contributed by atoms with Gasteiger partial charge in [-0.05, 0) is 17.7 Å². The molecule has 0 radical (unpaired) electrons. The lowest BCUT2D eigenvalue weighted by atomic mass is 10.1. The van der Waals surface area contributed by atoms with Crippen molar-refractivity contribution >= 4 is 11.5 Å². The summed E-state index contributed by atoms with van der Waals surface area (Å²) >= 11 is 0. The molecule has 1 heterocycles. The topological polar surface area (TPSA) is 15.6 Å². The highest BCUT2D eigenvalue weighted by Gasteiger charge is 2.18. The van der Waals surface area contributed by atoms with E-state index in [0.29, 0.717) is 0 Å². The van der Waals surface area contributed by atoms with Gasteiger partial charge in [0.2, 0.25) is 0 Å². The molecule has 0 spiro atoms. The molecule has 2 nitrogen and oxygen atoms in total. The molecular weight excluding hydrogens is 220 g/mol. The van der Waals surface area contributed by atoms with E-state index in [-0.39, 0.29) is 0 Å². The summed E-state index contributed by atoms with van der Waals surface area (Å²) in [6.45, 7) is 1.89. The number of hydrogen-bond acceptors (Lipinski definition) is 2. The maximum absolute atomic E-state index is 4.63. The monoisotopic (exact) mass is 236 g/mol. The zero-order valence-corrected chi connectivity index (χ0v) is 10.3. The summed E-state index contributed by atoms with van der Waals surface area (Å²) in [7, 11) is 0. The molecule has 0 unspecified atom stereocenters. The maximum atomic E-state index is 4.63. The van der Waals surface area contributed by atoms with E-state index >= 15 is 0 Å². The summed E-state index contributed by atoms with van der Waals surface area (Å²) in [6, 6.07) is 21.0. The van der Waals surface area contributed by atoms with E-state index in [1.54, 1.807) is 0 Å². The first-order chi connectivity index (χ1) is 8.93. The van der Waals surface area contributed by atoms with Gasteiger partial charge in [0.1, 0.15) is 5.84 Å². The summed E-state index contributed by atoms with van der Waals surface area (Å²) in [5.74, 6) is 1.17. The molecule has 0 saturated heterocycles. The minimum Gasteiger partial charge on any atom is -0.328 e. The molecule has 2 aromatic carbocycles. The third kappa shape index (κ3) is 2.28. The van der Waals surface area contributed by atoms with Crippen LogP contribution in [-0.2, 0) is 6.42 Å². The van der Waals surface area contributed by atoms with Gasteiger partial charge in [-0.2, -0.15) is 0 Å². The van der Waals surface area contributed by atoms with E-state index in [1.165, 1.54) is 17.1 Å². The SMILES string of the molecule is c1ccc(CC2=NCCN2c2ccccc2)cc1. The van der Waals surface area contributed by atoms with E-state index in [1.807, 2.05) is 6.07 Å². The van der Waals surface area contributed by atoms with Crippen LogP contribution in [0.25, 0.3) is 0 Å². The lowest BCUT2D eigenvalue weighted by Crippen LogP contribution is -2.28. The van der Waals surface area contributed by atoms with E-state index in [9.17, 15) is 0 Å². The Bertz CT molecular complexity index is 532. The second-order valence-corrected chi connectivity index (χ2v) is 4.45. The highest BCUT2D eigenvalue weighted by molar-refractivity contribution is 6.00. The Morgan fingerprint density at radius 3 is 2.28 bits per heavy atom. The Morgan fingerprint density at radius 1 is 0.889 bits per heavy atom. The van der Waals surface area contributed by atoms with Crippen LogP contribution >= 0.6 is 0 Å². The van der Waals surface area contributed by atoms with Crippen molar-refractivity contribution in [2.24, 2.45) is 4.99 Å². The lowest BCUT2D eigenvalue weighted by Gasteiger charge is -2.20. The fourth-order valence-electron chi connectivity index (χ4n) is 2.31. The minimum atomic E-state index is 0.900. The molecule has 0 aromatic heterocycles. The van der Waals surface area contributed by atoms with Crippen molar-refractivity contribution in [1.29, 1.82) is 0 Å². The Balaban J connectivity index is 1.80. The van der Waals surface area contributed by atoms with E-state index in [4.69, 9.17) is 0 Å². The smallest absolute Gasteiger partial charge is 0.108 e. The third-order valence-electron chi connectivity index (χ3n) is 3.20. The van der Waals surface area contributed by atoms with Crippen LogP contribution in [0.3, 0.4) is 0 Å². The zero-order valence-electron chi connectivity index (χ0n) is 10.3. The van der Waals surface area contributed by atoms with Gasteiger partial charge in [0.05, 0.1) is 6.54 Å². The van der Waals surface area contributed by atoms with Gasteiger partial charge in [-0.3, -0.25) is 4.99 Å².